The zero-order valence-corrected chi connectivity index (χ0v) is 13.0. The van der Waals surface area contributed by atoms with Crippen LogP contribution in [0.25, 0.3) is 16.7 Å². The summed E-state index contributed by atoms with van der Waals surface area (Å²) in [4.78, 5) is 16.0. The number of rotatable bonds is 5. The highest BCUT2D eigenvalue weighted by Crippen LogP contribution is 2.24. The fraction of sp³-hybridized carbons (Fsp3) is 0.222. The van der Waals surface area contributed by atoms with Gasteiger partial charge in [0.05, 0.1) is 11.0 Å². The molecule has 0 saturated heterocycles. The molecule has 23 heavy (non-hydrogen) atoms. The number of nitrogens with one attached hydrogen (secondary N) is 1. The quantitative estimate of drug-likeness (QED) is 0.761. The van der Waals surface area contributed by atoms with Gasteiger partial charge in [-0.3, -0.25) is 9.36 Å². The van der Waals surface area contributed by atoms with E-state index in [1.807, 2.05) is 48.5 Å². The number of aryl methyl sites for hydroxylation is 1. The zero-order valence-electron chi connectivity index (χ0n) is 13.0. The van der Waals surface area contributed by atoms with Crippen LogP contribution in [-0.2, 0) is 11.2 Å². The average molecular weight is 309 g/mol. The van der Waals surface area contributed by atoms with Crippen molar-refractivity contribution in [2.45, 2.75) is 19.8 Å². The lowest BCUT2D eigenvalue weighted by Gasteiger charge is -2.11. The van der Waals surface area contributed by atoms with E-state index in [4.69, 9.17) is 5.11 Å². The number of hydrogen-bond acceptors (Lipinski definition) is 3. The Bertz CT molecular complexity index is 839. The fourth-order valence-electron chi connectivity index (χ4n) is 2.69. The molecule has 1 heterocycles. The molecular formula is C18H19N3O2. The smallest absolute Gasteiger partial charge is 0.221 e. The highest BCUT2D eigenvalue weighted by molar-refractivity contribution is 5.89. The van der Waals surface area contributed by atoms with Crippen molar-refractivity contribution >= 4 is 22.6 Å². The Morgan fingerprint density at radius 1 is 1.22 bits per heavy atom. The molecule has 0 aliphatic rings. The van der Waals surface area contributed by atoms with Gasteiger partial charge >= 0.3 is 0 Å². The molecule has 0 aliphatic carbocycles. The molecule has 0 aliphatic heterocycles. The second-order valence-electron chi connectivity index (χ2n) is 5.41. The van der Waals surface area contributed by atoms with Crippen LogP contribution in [0.1, 0.15) is 19.2 Å². The Hall–Kier alpha value is -2.66. The minimum atomic E-state index is -0.0989. The number of carbonyl (C=O) groups excluding carboxylic acids is 1. The Morgan fingerprint density at radius 3 is 2.83 bits per heavy atom. The number of fused-ring (bicyclic) bond motifs is 1. The third-order valence-corrected chi connectivity index (χ3v) is 3.61. The van der Waals surface area contributed by atoms with E-state index in [9.17, 15) is 4.79 Å². The lowest BCUT2D eigenvalue weighted by molar-refractivity contribution is -0.114. The maximum absolute atomic E-state index is 11.3. The molecule has 3 rings (SSSR count). The number of amides is 1. The number of aliphatic hydroxyl groups is 1. The predicted molar refractivity (Wildman–Crippen MR) is 90.8 cm³/mol. The lowest BCUT2D eigenvalue weighted by atomic mass is 10.2. The van der Waals surface area contributed by atoms with Gasteiger partial charge < -0.3 is 10.4 Å². The maximum atomic E-state index is 11.3. The van der Waals surface area contributed by atoms with Gasteiger partial charge in [-0.1, -0.05) is 18.2 Å². The van der Waals surface area contributed by atoms with Crippen LogP contribution in [0.3, 0.4) is 0 Å². The van der Waals surface area contributed by atoms with Gasteiger partial charge in [0.15, 0.2) is 0 Å². The Labute approximate surface area is 134 Å². The second kappa shape index (κ2) is 6.62. The first-order valence-corrected chi connectivity index (χ1v) is 7.64. The summed E-state index contributed by atoms with van der Waals surface area (Å²) in [6, 6.07) is 15.6. The number of aliphatic hydroxyl groups excluding tert-OH is 1. The third-order valence-electron chi connectivity index (χ3n) is 3.61. The summed E-state index contributed by atoms with van der Waals surface area (Å²) in [5, 5.41) is 11.9. The van der Waals surface area contributed by atoms with Crippen LogP contribution in [0.2, 0.25) is 0 Å². The molecule has 118 valence electrons. The van der Waals surface area contributed by atoms with Gasteiger partial charge in [0.25, 0.3) is 0 Å². The molecule has 0 spiro atoms. The molecule has 5 nitrogen and oxygen atoms in total. The van der Waals surface area contributed by atoms with Crippen molar-refractivity contribution in [1.29, 1.82) is 0 Å². The molecule has 1 aromatic heterocycles. The van der Waals surface area contributed by atoms with Crippen LogP contribution >= 0.6 is 0 Å². The van der Waals surface area contributed by atoms with Crippen molar-refractivity contribution in [3.63, 3.8) is 0 Å². The van der Waals surface area contributed by atoms with Crippen molar-refractivity contribution in [1.82, 2.24) is 9.55 Å². The minimum Gasteiger partial charge on any atom is -0.396 e. The summed E-state index contributed by atoms with van der Waals surface area (Å²) in [7, 11) is 0. The van der Waals surface area contributed by atoms with Crippen LogP contribution in [-0.4, -0.2) is 27.2 Å². The summed E-state index contributed by atoms with van der Waals surface area (Å²) in [6.45, 7) is 1.63. The van der Waals surface area contributed by atoms with E-state index in [2.05, 4.69) is 14.9 Å². The number of aromatic nitrogens is 2. The number of para-hydroxylation sites is 2. The summed E-state index contributed by atoms with van der Waals surface area (Å²) < 4.78 is 2.08. The van der Waals surface area contributed by atoms with Crippen LogP contribution < -0.4 is 5.32 Å². The third kappa shape index (κ3) is 3.24. The van der Waals surface area contributed by atoms with Gasteiger partial charge in [-0.15, -0.1) is 0 Å². The van der Waals surface area contributed by atoms with Gasteiger partial charge in [-0.05, 0) is 36.8 Å². The number of carbonyl (C=O) groups is 1. The largest absolute Gasteiger partial charge is 0.396 e. The topological polar surface area (TPSA) is 67.2 Å². The molecule has 0 bridgehead atoms. The highest BCUT2D eigenvalue weighted by atomic mass is 16.2. The van der Waals surface area contributed by atoms with Crippen LogP contribution in [0, 0.1) is 0 Å². The van der Waals surface area contributed by atoms with Crippen molar-refractivity contribution < 1.29 is 9.90 Å². The van der Waals surface area contributed by atoms with Crippen LogP contribution in [0.4, 0.5) is 5.69 Å². The number of imidazole rings is 1. The van der Waals surface area contributed by atoms with Gasteiger partial charge in [0, 0.05) is 31.3 Å². The Morgan fingerprint density at radius 2 is 2.04 bits per heavy atom. The SMILES string of the molecule is CC(=O)Nc1cccc(-n2c(CCCO)nc3ccccc32)c1. The molecule has 0 saturated carbocycles. The Balaban J connectivity index is 2.12. The Kier molecular flexibility index (Phi) is 4.39. The van der Waals surface area contributed by atoms with Gasteiger partial charge in [0.1, 0.15) is 5.82 Å². The number of nitrogens with zero attached hydrogens (tertiary/aromatic N) is 2. The molecule has 0 fully saturated rings. The van der Waals surface area contributed by atoms with Crippen LogP contribution in [0.15, 0.2) is 48.5 Å². The number of anilines is 1. The molecule has 0 unspecified atom stereocenters. The summed E-state index contributed by atoms with van der Waals surface area (Å²) in [5.74, 6) is 0.804. The monoisotopic (exact) mass is 309 g/mol. The molecular weight excluding hydrogens is 290 g/mol. The summed E-state index contributed by atoms with van der Waals surface area (Å²) >= 11 is 0. The second-order valence-corrected chi connectivity index (χ2v) is 5.41. The summed E-state index contributed by atoms with van der Waals surface area (Å²) in [6.07, 6.45) is 1.35. The summed E-state index contributed by atoms with van der Waals surface area (Å²) in [5.41, 5.74) is 3.63. The first-order chi connectivity index (χ1) is 11.2. The van der Waals surface area contributed by atoms with E-state index in [1.54, 1.807) is 0 Å². The standard InChI is InChI=1S/C18H19N3O2/c1-13(23)19-14-6-4-7-15(12-14)21-17-9-3-2-8-16(17)20-18(21)10-5-11-22/h2-4,6-9,12,22H,5,10-11H2,1H3,(H,19,23). The highest BCUT2D eigenvalue weighted by Gasteiger charge is 2.12. The van der Waals surface area contributed by atoms with E-state index >= 15 is 0 Å². The van der Waals surface area contributed by atoms with E-state index in [-0.39, 0.29) is 12.5 Å². The van der Waals surface area contributed by atoms with E-state index < -0.39 is 0 Å². The molecule has 1 amide bonds. The molecule has 3 aromatic rings. The molecule has 2 aromatic carbocycles. The average Bonchev–Trinajstić information content (AvgIpc) is 2.90. The predicted octanol–water partition coefficient (Wildman–Crippen LogP) is 2.91. The van der Waals surface area contributed by atoms with E-state index in [0.717, 1.165) is 28.2 Å². The molecule has 0 atom stereocenters. The molecule has 5 heteroatoms. The van der Waals surface area contributed by atoms with E-state index in [0.29, 0.717) is 12.8 Å². The van der Waals surface area contributed by atoms with E-state index in [1.165, 1.54) is 6.92 Å². The molecule has 2 N–H and O–H groups in total. The van der Waals surface area contributed by atoms with Gasteiger partial charge in [-0.2, -0.15) is 0 Å². The van der Waals surface area contributed by atoms with Crippen molar-refractivity contribution in [3.05, 3.63) is 54.4 Å². The molecule has 0 radical (unpaired) electrons. The van der Waals surface area contributed by atoms with Gasteiger partial charge in [0.2, 0.25) is 5.91 Å². The van der Waals surface area contributed by atoms with Gasteiger partial charge in [-0.25, -0.2) is 4.98 Å². The maximum Gasteiger partial charge on any atom is 0.221 e. The van der Waals surface area contributed by atoms with Crippen molar-refractivity contribution in [2.75, 3.05) is 11.9 Å². The van der Waals surface area contributed by atoms with Crippen molar-refractivity contribution in [2.24, 2.45) is 0 Å². The lowest BCUT2D eigenvalue weighted by Crippen LogP contribution is -2.07. The number of hydrogen-bond donors (Lipinski definition) is 2. The normalized spacial score (nSPS) is 10.9. The number of benzene rings is 2. The van der Waals surface area contributed by atoms with Crippen molar-refractivity contribution in [3.8, 4) is 5.69 Å². The van der Waals surface area contributed by atoms with Crippen LogP contribution in [0.5, 0.6) is 0 Å². The fourth-order valence-corrected chi connectivity index (χ4v) is 2.69. The minimum absolute atomic E-state index is 0.0989. The first kappa shape index (κ1) is 15.2. The first-order valence-electron chi connectivity index (χ1n) is 7.64. The zero-order chi connectivity index (χ0) is 16.2.